The summed E-state index contributed by atoms with van der Waals surface area (Å²) in [5.74, 6) is -0.638. The number of nitrogens with two attached hydrogens (primary N) is 1. The average Bonchev–Trinajstić information content (AvgIpc) is 2.17. The minimum absolute atomic E-state index is 0.616. The zero-order valence-electron chi connectivity index (χ0n) is 7.46. The van der Waals surface area contributed by atoms with Crippen LogP contribution >= 0.6 is 0 Å². The number of carbonyl (C=O) groups is 1. The highest BCUT2D eigenvalue weighted by Crippen LogP contribution is 2.23. The molecule has 0 spiro atoms. The number of carbonyl (C=O) groups excluding carboxylic acids is 1. The van der Waals surface area contributed by atoms with Gasteiger partial charge in [-0.2, -0.15) is 0 Å². The molecule has 1 amide bonds. The second kappa shape index (κ2) is 3.56. The van der Waals surface area contributed by atoms with Crippen LogP contribution in [0.15, 0.2) is 30.3 Å². The van der Waals surface area contributed by atoms with Crippen LogP contribution in [0, 0.1) is 0 Å². The highest BCUT2D eigenvalue weighted by atomic mass is 19.1. The molecule has 0 fully saturated rings. The summed E-state index contributed by atoms with van der Waals surface area (Å²) in [5, 5.41) is 0. The van der Waals surface area contributed by atoms with Crippen molar-refractivity contribution in [2.75, 3.05) is 6.67 Å². The van der Waals surface area contributed by atoms with Crippen molar-refractivity contribution in [2.45, 2.75) is 12.3 Å². The van der Waals surface area contributed by atoms with Crippen LogP contribution in [0.4, 0.5) is 4.39 Å². The predicted molar refractivity (Wildman–Crippen MR) is 49.0 cm³/mol. The Kier molecular flexibility index (Phi) is 2.66. The van der Waals surface area contributed by atoms with Gasteiger partial charge in [0.15, 0.2) is 0 Å². The fourth-order valence-electron chi connectivity index (χ4n) is 1.09. The van der Waals surface area contributed by atoms with Gasteiger partial charge >= 0.3 is 0 Å². The van der Waals surface area contributed by atoms with Crippen LogP contribution in [0.5, 0.6) is 0 Å². The molecule has 1 rings (SSSR count). The molecule has 2 N–H and O–H groups in total. The standard InChI is InChI=1S/C10H12FNO/c1-10(7-11,9(12)13)8-5-3-2-4-6-8/h2-6H,7H2,1H3,(H2,12,13). The van der Waals surface area contributed by atoms with Gasteiger partial charge in [0.05, 0.1) is 5.41 Å². The molecular weight excluding hydrogens is 169 g/mol. The number of primary amides is 1. The number of hydrogen-bond acceptors (Lipinski definition) is 1. The molecule has 2 nitrogen and oxygen atoms in total. The summed E-state index contributed by atoms with van der Waals surface area (Å²) in [7, 11) is 0. The van der Waals surface area contributed by atoms with Crippen LogP contribution in [0.1, 0.15) is 12.5 Å². The summed E-state index contributed by atoms with van der Waals surface area (Å²) in [6.07, 6.45) is 0. The van der Waals surface area contributed by atoms with Gasteiger partial charge in [-0.05, 0) is 12.5 Å². The molecule has 0 aliphatic heterocycles. The summed E-state index contributed by atoms with van der Waals surface area (Å²) in [6, 6.07) is 8.72. The quantitative estimate of drug-likeness (QED) is 0.752. The molecule has 0 aliphatic carbocycles. The second-order valence-electron chi connectivity index (χ2n) is 3.20. The number of amides is 1. The highest BCUT2D eigenvalue weighted by molar-refractivity contribution is 5.86. The van der Waals surface area contributed by atoms with Gasteiger partial charge in [-0.25, -0.2) is 4.39 Å². The number of rotatable bonds is 3. The molecule has 0 saturated heterocycles. The number of benzene rings is 1. The van der Waals surface area contributed by atoms with E-state index in [1.165, 1.54) is 6.92 Å². The molecule has 0 heterocycles. The van der Waals surface area contributed by atoms with Crippen molar-refractivity contribution < 1.29 is 9.18 Å². The predicted octanol–water partition coefficient (Wildman–Crippen LogP) is 1.40. The lowest BCUT2D eigenvalue weighted by atomic mass is 9.83. The van der Waals surface area contributed by atoms with Crippen molar-refractivity contribution in [3.63, 3.8) is 0 Å². The Labute approximate surface area is 76.6 Å². The molecule has 1 aromatic rings. The summed E-state index contributed by atoms with van der Waals surface area (Å²) < 4.78 is 12.7. The van der Waals surface area contributed by atoms with Gasteiger partial charge < -0.3 is 5.73 Å². The minimum Gasteiger partial charge on any atom is -0.369 e. The molecule has 1 atom stereocenters. The number of hydrogen-bond donors (Lipinski definition) is 1. The molecule has 0 aliphatic rings. The van der Waals surface area contributed by atoms with Crippen LogP contribution < -0.4 is 5.73 Å². The maximum absolute atomic E-state index is 12.7. The Bertz CT molecular complexity index is 299. The van der Waals surface area contributed by atoms with Crippen LogP contribution in [0.3, 0.4) is 0 Å². The summed E-state index contributed by atoms with van der Waals surface area (Å²) in [5.41, 5.74) is 4.56. The van der Waals surface area contributed by atoms with E-state index in [2.05, 4.69) is 0 Å². The van der Waals surface area contributed by atoms with Gasteiger partial charge in [-0.1, -0.05) is 30.3 Å². The van der Waals surface area contributed by atoms with Crippen LogP contribution in [-0.4, -0.2) is 12.6 Å². The molecule has 1 unspecified atom stereocenters. The van der Waals surface area contributed by atoms with Crippen molar-refractivity contribution in [1.29, 1.82) is 0 Å². The molecule has 0 aromatic heterocycles. The summed E-state index contributed by atoms with van der Waals surface area (Å²) in [4.78, 5) is 11.0. The van der Waals surface area contributed by atoms with E-state index in [4.69, 9.17) is 5.73 Å². The lowest BCUT2D eigenvalue weighted by Crippen LogP contribution is -2.40. The van der Waals surface area contributed by atoms with Crippen molar-refractivity contribution in [1.82, 2.24) is 0 Å². The first-order valence-electron chi connectivity index (χ1n) is 4.02. The van der Waals surface area contributed by atoms with E-state index >= 15 is 0 Å². The van der Waals surface area contributed by atoms with E-state index in [-0.39, 0.29) is 0 Å². The molecule has 0 radical (unpaired) electrons. The van der Waals surface area contributed by atoms with Gasteiger partial charge in [0.2, 0.25) is 5.91 Å². The fourth-order valence-corrected chi connectivity index (χ4v) is 1.09. The second-order valence-corrected chi connectivity index (χ2v) is 3.20. The first-order valence-corrected chi connectivity index (χ1v) is 4.02. The Balaban J connectivity index is 3.11. The van der Waals surface area contributed by atoms with Crippen LogP contribution in [0.2, 0.25) is 0 Å². The number of alkyl halides is 1. The van der Waals surface area contributed by atoms with Crippen LogP contribution in [0.25, 0.3) is 0 Å². The molecule has 70 valence electrons. The smallest absolute Gasteiger partial charge is 0.230 e. The van der Waals surface area contributed by atoms with E-state index in [0.29, 0.717) is 5.56 Å². The zero-order valence-corrected chi connectivity index (χ0v) is 7.46. The summed E-state index contributed by atoms with van der Waals surface area (Å²) in [6.45, 7) is 0.733. The zero-order chi connectivity index (χ0) is 9.90. The van der Waals surface area contributed by atoms with Crippen molar-refractivity contribution in [3.8, 4) is 0 Å². The average molecular weight is 181 g/mol. The van der Waals surface area contributed by atoms with Crippen LogP contribution in [-0.2, 0) is 10.2 Å². The monoisotopic (exact) mass is 181 g/mol. The van der Waals surface area contributed by atoms with Crippen molar-refractivity contribution in [3.05, 3.63) is 35.9 Å². The molecule has 13 heavy (non-hydrogen) atoms. The topological polar surface area (TPSA) is 43.1 Å². The van der Waals surface area contributed by atoms with E-state index in [1.54, 1.807) is 24.3 Å². The molecular formula is C10H12FNO. The first-order chi connectivity index (χ1) is 6.11. The SMILES string of the molecule is CC(CF)(C(N)=O)c1ccccc1. The van der Waals surface area contributed by atoms with Gasteiger partial charge in [-0.3, -0.25) is 4.79 Å². The largest absolute Gasteiger partial charge is 0.369 e. The Morgan fingerprint density at radius 1 is 1.46 bits per heavy atom. The maximum atomic E-state index is 12.7. The first kappa shape index (κ1) is 9.71. The number of halogens is 1. The van der Waals surface area contributed by atoms with Crippen molar-refractivity contribution in [2.24, 2.45) is 5.73 Å². The van der Waals surface area contributed by atoms with Crippen molar-refractivity contribution >= 4 is 5.91 Å². The Morgan fingerprint density at radius 2 is 2.00 bits per heavy atom. The fraction of sp³-hybridized carbons (Fsp3) is 0.300. The molecule has 1 aromatic carbocycles. The van der Waals surface area contributed by atoms with Gasteiger partial charge in [0.25, 0.3) is 0 Å². The Morgan fingerprint density at radius 3 is 2.38 bits per heavy atom. The molecule has 0 bridgehead atoms. The third-order valence-electron chi connectivity index (χ3n) is 2.22. The van der Waals surface area contributed by atoms with Gasteiger partial charge in [0.1, 0.15) is 6.67 Å². The van der Waals surface area contributed by atoms with E-state index in [1.807, 2.05) is 6.07 Å². The van der Waals surface area contributed by atoms with Gasteiger partial charge in [-0.15, -0.1) is 0 Å². The third-order valence-corrected chi connectivity index (χ3v) is 2.22. The van der Waals surface area contributed by atoms with E-state index in [0.717, 1.165) is 0 Å². The normalized spacial score (nSPS) is 14.9. The lowest BCUT2D eigenvalue weighted by molar-refractivity contribution is -0.123. The Hall–Kier alpha value is -1.38. The van der Waals surface area contributed by atoms with E-state index < -0.39 is 18.0 Å². The highest BCUT2D eigenvalue weighted by Gasteiger charge is 2.32. The maximum Gasteiger partial charge on any atom is 0.230 e. The van der Waals surface area contributed by atoms with Gasteiger partial charge in [0, 0.05) is 0 Å². The lowest BCUT2D eigenvalue weighted by Gasteiger charge is -2.22. The molecule has 0 saturated carbocycles. The minimum atomic E-state index is -1.19. The molecule has 3 heteroatoms. The summed E-state index contributed by atoms with van der Waals surface area (Å²) >= 11 is 0. The third kappa shape index (κ3) is 1.69. The van der Waals surface area contributed by atoms with E-state index in [9.17, 15) is 9.18 Å².